The third kappa shape index (κ3) is 5.32. The lowest BCUT2D eigenvalue weighted by Gasteiger charge is -2.26. The van der Waals surface area contributed by atoms with E-state index >= 15 is 0 Å². The van der Waals surface area contributed by atoms with Crippen LogP contribution in [0.25, 0.3) is 0 Å². The van der Waals surface area contributed by atoms with E-state index in [-0.39, 0.29) is 5.91 Å². The molecule has 0 spiro atoms. The Labute approximate surface area is 125 Å². The molecule has 0 bridgehead atoms. The molecular formula is C15H24N4O2. The Bertz CT molecular complexity index is 430. The quantitative estimate of drug-likeness (QED) is 0.733. The largest absolute Gasteiger partial charge is 0.379 e. The third-order valence-electron chi connectivity index (χ3n) is 3.42. The van der Waals surface area contributed by atoms with Crippen molar-refractivity contribution in [2.24, 2.45) is 0 Å². The van der Waals surface area contributed by atoms with E-state index in [4.69, 9.17) is 4.74 Å². The van der Waals surface area contributed by atoms with Gasteiger partial charge in [-0.3, -0.25) is 9.69 Å². The highest BCUT2D eigenvalue weighted by atomic mass is 16.5. The van der Waals surface area contributed by atoms with Crippen molar-refractivity contribution in [2.75, 3.05) is 51.3 Å². The van der Waals surface area contributed by atoms with Crippen LogP contribution < -0.4 is 10.6 Å². The second-order valence-electron chi connectivity index (χ2n) is 5.03. The van der Waals surface area contributed by atoms with Crippen molar-refractivity contribution < 1.29 is 9.53 Å². The zero-order valence-corrected chi connectivity index (χ0v) is 12.6. The number of pyridine rings is 1. The number of rotatable bonds is 7. The summed E-state index contributed by atoms with van der Waals surface area (Å²) in [5.74, 6) is 0.730. The summed E-state index contributed by atoms with van der Waals surface area (Å²) in [7, 11) is 0. The normalized spacial score (nSPS) is 15.7. The number of nitrogens with one attached hydrogen (secondary N) is 2. The van der Waals surface area contributed by atoms with E-state index in [1.54, 1.807) is 12.3 Å². The highest BCUT2D eigenvalue weighted by Crippen LogP contribution is 2.04. The van der Waals surface area contributed by atoms with Gasteiger partial charge in [0.25, 0.3) is 5.91 Å². The predicted octanol–water partition coefficient (Wildman–Crippen LogP) is 0.965. The van der Waals surface area contributed by atoms with Crippen molar-refractivity contribution in [1.29, 1.82) is 0 Å². The molecule has 0 aromatic carbocycles. The van der Waals surface area contributed by atoms with E-state index in [0.717, 1.165) is 51.6 Å². The van der Waals surface area contributed by atoms with Crippen LogP contribution in [0.4, 0.5) is 5.82 Å². The van der Waals surface area contributed by atoms with Gasteiger partial charge < -0.3 is 15.4 Å². The Kier molecular flexibility index (Phi) is 6.43. The van der Waals surface area contributed by atoms with Gasteiger partial charge in [-0.25, -0.2) is 4.98 Å². The monoisotopic (exact) mass is 292 g/mol. The molecule has 1 amide bonds. The first kappa shape index (κ1) is 15.7. The summed E-state index contributed by atoms with van der Waals surface area (Å²) in [6.07, 6.45) is 2.56. The van der Waals surface area contributed by atoms with Crippen LogP contribution in [0.1, 0.15) is 23.7 Å². The molecule has 1 aromatic rings. The number of amides is 1. The van der Waals surface area contributed by atoms with Gasteiger partial charge in [-0.05, 0) is 32.0 Å². The van der Waals surface area contributed by atoms with Gasteiger partial charge in [0, 0.05) is 32.4 Å². The Morgan fingerprint density at radius 1 is 1.38 bits per heavy atom. The molecule has 21 heavy (non-hydrogen) atoms. The molecule has 1 aliphatic heterocycles. The third-order valence-corrected chi connectivity index (χ3v) is 3.42. The molecule has 116 valence electrons. The molecule has 0 aliphatic carbocycles. The van der Waals surface area contributed by atoms with E-state index < -0.39 is 0 Å². The summed E-state index contributed by atoms with van der Waals surface area (Å²) >= 11 is 0. The van der Waals surface area contributed by atoms with Gasteiger partial charge in [0.2, 0.25) is 0 Å². The number of anilines is 1. The smallest absolute Gasteiger partial charge is 0.252 e. The van der Waals surface area contributed by atoms with Gasteiger partial charge >= 0.3 is 0 Å². The topological polar surface area (TPSA) is 66.5 Å². The van der Waals surface area contributed by atoms with E-state index in [1.165, 1.54) is 0 Å². The van der Waals surface area contributed by atoms with Crippen molar-refractivity contribution in [3.63, 3.8) is 0 Å². The molecule has 0 saturated carbocycles. The molecule has 6 nitrogen and oxygen atoms in total. The summed E-state index contributed by atoms with van der Waals surface area (Å²) in [5.41, 5.74) is 0.600. The van der Waals surface area contributed by atoms with Crippen LogP contribution in [0, 0.1) is 0 Å². The standard InChI is InChI=1S/C15H24N4O2/c1-2-16-14-5-4-13(12-18-14)15(20)17-6-3-7-19-8-10-21-11-9-19/h4-5,12H,2-3,6-11H2,1H3,(H,16,18)(H,17,20). The number of aromatic nitrogens is 1. The fourth-order valence-corrected chi connectivity index (χ4v) is 2.25. The van der Waals surface area contributed by atoms with E-state index in [1.807, 2.05) is 13.0 Å². The van der Waals surface area contributed by atoms with E-state index in [2.05, 4.69) is 20.5 Å². The lowest BCUT2D eigenvalue weighted by molar-refractivity contribution is 0.0374. The molecule has 2 heterocycles. The van der Waals surface area contributed by atoms with Gasteiger partial charge in [-0.15, -0.1) is 0 Å². The van der Waals surface area contributed by atoms with Gasteiger partial charge in [-0.2, -0.15) is 0 Å². The number of hydrogen-bond acceptors (Lipinski definition) is 5. The Morgan fingerprint density at radius 3 is 2.86 bits per heavy atom. The average molecular weight is 292 g/mol. The minimum Gasteiger partial charge on any atom is -0.379 e. The van der Waals surface area contributed by atoms with Crippen LogP contribution >= 0.6 is 0 Å². The number of carbonyl (C=O) groups is 1. The first-order valence-electron chi connectivity index (χ1n) is 7.58. The van der Waals surface area contributed by atoms with Crippen molar-refractivity contribution in [1.82, 2.24) is 15.2 Å². The van der Waals surface area contributed by atoms with Crippen LogP contribution in [0.15, 0.2) is 18.3 Å². The number of hydrogen-bond donors (Lipinski definition) is 2. The van der Waals surface area contributed by atoms with E-state index in [9.17, 15) is 4.79 Å². The lowest BCUT2D eigenvalue weighted by atomic mass is 10.2. The van der Waals surface area contributed by atoms with Gasteiger partial charge in [-0.1, -0.05) is 0 Å². The van der Waals surface area contributed by atoms with Crippen LogP contribution in [-0.2, 0) is 4.74 Å². The molecule has 0 atom stereocenters. The maximum Gasteiger partial charge on any atom is 0.252 e. The Morgan fingerprint density at radius 2 is 2.19 bits per heavy atom. The number of carbonyl (C=O) groups excluding carboxylic acids is 1. The minimum atomic E-state index is -0.0625. The lowest BCUT2D eigenvalue weighted by Crippen LogP contribution is -2.38. The summed E-state index contributed by atoms with van der Waals surface area (Å²) in [6, 6.07) is 3.62. The zero-order chi connectivity index (χ0) is 14.9. The molecular weight excluding hydrogens is 268 g/mol. The fourth-order valence-electron chi connectivity index (χ4n) is 2.25. The van der Waals surface area contributed by atoms with Crippen LogP contribution in [-0.4, -0.2) is 61.7 Å². The number of nitrogens with zero attached hydrogens (tertiary/aromatic N) is 2. The molecule has 0 radical (unpaired) electrons. The number of ether oxygens (including phenoxy) is 1. The molecule has 0 unspecified atom stereocenters. The second-order valence-corrected chi connectivity index (χ2v) is 5.03. The van der Waals surface area contributed by atoms with Gasteiger partial charge in [0.15, 0.2) is 0 Å². The SMILES string of the molecule is CCNc1ccc(C(=O)NCCCN2CCOCC2)cn1. The molecule has 1 fully saturated rings. The molecule has 1 saturated heterocycles. The summed E-state index contributed by atoms with van der Waals surface area (Å²) in [4.78, 5) is 18.5. The molecule has 1 aromatic heterocycles. The van der Waals surface area contributed by atoms with Gasteiger partial charge in [0.05, 0.1) is 18.8 Å². The van der Waals surface area contributed by atoms with Crippen molar-refractivity contribution in [3.05, 3.63) is 23.9 Å². The summed E-state index contributed by atoms with van der Waals surface area (Å²) in [5, 5.41) is 6.04. The van der Waals surface area contributed by atoms with Crippen LogP contribution in [0.5, 0.6) is 0 Å². The van der Waals surface area contributed by atoms with Crippen molar-refractivity contribution >= 4 is 11.7 Å². The maximum absolute atomic E-state index is 12.0. The van der Waals surface area contributed by atoms with Crippen molar-refractivity contribution in [3.8, 4) is 0 Å². The van der Waals surface area contributed by atoms with Crippen molar-refractivity contribution in [2.45, 2.75) is 13.3 Å². The Hall–Kier alpha value is -1.66. The second kappa shape index (κ2) is 8.59. The number of morpholine rings is 1. The molecule has 6 heteroatoms. The first-order valence-corrected chi connectivity index (χ1v) is 7.58. The van der Waals surface area contributed by atoms with Crippen LogP contribution in [0.3, 0.4) is 0 Å². The molecule has 1 aliphatic rings. The fraction of sp³-hybridized carbons (Fsp3) is 0.600. The highest BCUT2D eigenvalue weighted by molar-refractivity contribution is 5.93. The molecule has 2 rings (SSSR count). The minimum absolute atomic E-state index is 0.0625. The molecule has 2 N–H and O–H groups in total. The van der Waals surface area contributed by atoms with Crippen LogP contribution in [0.2, 0.25) is 0 Å². The average Bonchev–Trinajstić information content (AvgIpc) is 2.53. The van der Waals surface area contributed by atoms with Gasteiger partial charge in [0.1, 0.15) is 5.82 Å². The van der Waals surface area contributed by atoms with E-state index in [0.29, 0.717) is 12.1 Å². The highest BCUT2D eigenvalue weighted by Gasteiger charge is 2.10. The predicted molar refractivity (Wildman–Crippen MR) is 82.6 cm³/mol. The maximum atomic E-state index is 12.0. The Balaban J connectivity index is 1.66. The summed E-state index contributed by atoms with van der Waals surface area (Å²) < 4.78 is 5.31. The summed E-state index contributed by atoms with van der Waals surface area (Å²) in [6.45, 7) is 8.13. The first-order chi connectivity index (χ1) is 10.3. The zero-order valence-electron chi connectivity index (χ0n) is 12.6.